The van der Waals surface area contributed by atoms with Gasteiger partial charge in [0, 0.05) is 12.5 Å². The molecule has 0 fully saturated rings. The van der Waals surface area contributed by atoms with Crippen LogP contribution in [-0.4, -0.2) is 17.0 Å². The molecule has 0 saturated heterocycles. The zero-order valence-electron chi connectivity index (χ0n) is 11.2. The van der Waals surface area contributed by atoms with Crippen LogP contribution in [0.5, 0.6) is 0 Å². The summed E-state index contributed by atoms with van der Waals surface area (Å²) in [5.74, 6) is -1.06. The molecule has 102 valence electrons. The van der Waals surface area contributed by atoms with Crippen molar-refractivity contribution in [3.63, 3.8) is 0 Å². The lowest BCUT2D eigenvalue weighted by Gasteiger charge is -2.17. The molecule has 0 aromatic heterocycles. The first kappa shape index (κ1) is 15.0. The third kappa shape index (κ3) is 5.86. The smallest absolute Gasteiger partial charge is 0.303 e. The van der Waals surface area contributed by atoms with E-state index >= 15 is 0 Å². The van der Waals surface area contributed by atoms with E-state index in [1.54, 1.807) is 0 Å². The largest absolute Gasteiger partial charge is 0.481 e. The molecule has 0 spiro atoms. The number of aliphatic carboxylic acids is 1. The zero-order chi connectivity index (χ0) is 14.3. The van der Waals surface area contributed by atoms with Gasteiger partial charge in [0.05, 0.1) is 6.04 Å². The van der Waals surface area contributed by atoms with Gasteiger partial charge in [-0.2, -0.15) is 0 Å². The number of allylic oxidation sites excluding steroid dienone is 1. The summed E-state index contributed by atoms with van der Waals surface area (Å²) in [4.78, 5) is 22.4. The van der Waals surface area contributed by atoms with Crippen molar-refractivity contribution in [2.45, 2.75) is 32.7 Å². The van der Waals surface area contributed by atoms with Gasteiger partial charge in [-0.3, -0.25) is 9.59 Å². The number of nitrogens with one attached hydrogen (secondary N) is 1. The Kier molecular flexibility index (Phi) is 5.79. The van der Waals surface area contributed by atoms with Gasteiger partial charge in [0.2, 0.25) is 5.91 Å². The van der Waals surface area contributed by atoms with Crippen molar-refractivity contribution in [2.24, 2.45) is 0 Å². The van der Waals surface area contributed by atoms with Gasteiger partial charge >= 0.3 is 5.97 Å². The Hall–Kier alpha value is -2.10. The Morgan fingerprint density at radius 2 is 1.89 bits per heavy atom. The summed E-state index contributed by atoms with van der Waals surface area (Å²) in [5.41, 5.74) is 1.82. The monoisotopic (exact) mass is 261 g/mol. The average Bonchev–Trinajstić information content (AvgIpc) is 2.34. The van der Waals surface area contributed by atoms with Crippen molar-refractivity contribution in [1.29, 1.82) is 0 Å². The topological polar surface area (TPSA) is 66.4 Å². The molecule has 0 aliphatic carbocycles. The predicted octanol–water partition coefficient (Wildman–Crippen LogP) is 2.67. The molecule has 1 aromatic rings. The van der Waals surface area contributed by atoms with E-state index in [1.165, 1.54) is 6.08 Å². The molecule has 0 bridgehead atoms. The van der Waals surface area contributed by atoms with E-state index in [0.29, 0.717) is 6.42 Å². The van der Waals surface area contributed by atoms with Gasteiger partial charge in [-0.05, 0) is 25.8 Å². The van der Waals surface area contributed by atoms with Gasteiger partial charge in [0.25, 0.3) is 0 Å². The average molecular weight is 261 g/mol. The fraction of sp³-hybridized carbons (Fsp3) is 0.333. The predicted molar refractivity (Wildman–Crippen MR) is 73.6 cm³/mol. The lowest BCUT2D eigenvalue weighted by molar-refractivity contribution is -0.137. The van der Waals surface area contributed by atoms with Crippen molar-refractivity contribution >= 4 is 11.9 Å². The minimum absolute atomic E-state index is 0.0225. The fourth-order valence-corrected chi connectivity index (χ4v) is 1.75. The number of carboxylic acids is 1. The summed E-state index contributed by atoms with van der Waals surface area (Å²) in [6, 6.07) is 9.12. The van der Waals surface area contributed by atoms with Crippen molar-refractivity contribution in [2.75, 3.05) is 0 Å². The molecule has 19 heavy (non-hydrogen) atoms. The minimum Gasteiger partial charge on any atom is -0.481 e. The summed E-state index contributed by atoms with van der Waals surface area (Å²) in [5, 5.41) is 11.6. The summed E-state index contributed by atoms with van der Waals surface area (Å²) >= 11 is 0. The van der Waals surface area contributed by atoms with Crippen LogP contribution >= 0.6 is 0 Å². The summed E-state index contributed by atoms with van der Waals surface area (Å²) in [6.07, 6.45) is 1.91. The maximum absolute atomic E-state index is 11.7. The maximum Gasteiger partial charge on any atom is 0.303 e. The van der Waals surface area contributed by atoms with E-state index in [-0.39, 0.29) is 18.4 Å². The van der Waals surface area contributed by atoms with Crippen LogP contribution < -0.4 is 5.32 Å². The SMILES string of the molecule is CC(C)=CC(=O)NC(CCC(=O)O)c1ccccc1. The Bertz CT molecular complexity index is 462. The molecule has 1 unspecified atom stereocenters. The van der Waals surface area contributed by atoms with Gasteiger partial charge in [0.1, 0.15) is 0 Å². The van der Waals surface area contributed by atoms with E-state index < -0.39 is 5.97 Å². The van der Waals surface area contributed by atoms with E-state index in [2.05, 4.69) is 5.32 Å². The number of hydrogen-bond donors (Lipinski definition) is 2. The van der Waals surface area contributed by atoms with Crippen LogP contribution in [0.4, 0.5) is 0 Å². The first-order valence-electron chi connectivity index (χ1n) is 6.21. The van der Waals surface area contributed by atoms with Crippen molar-refractivity contribution < 1.29 is 14.7 Å². The molecule has 4 nitrogen and oxygen atoms in total. The molecule has 1 aromatic carbocycles. The fourth-order valence-electron chi connectivity index (χ4n) is 1.75. The molecule has 1 rings (SSSR count). The number of carboxylic acid groups (broad SMARTS) is 1. The van der Waals surface area contributed by atoms with E-state index in [1.807, 2.05) is 44.2 Å². The molecule has 0 heterocycles. The van der Waals surface area contributed by atoms with E-state index in [4.69, 9.17) is 5.11 Å². The van der Waals surface area contributed by atoms with Gasteiger partial charge in [-0.15, -0.1) is 0 Å². The summed E-state index contributed by atoms with van der Waals surface area (Å²) in [7, 11) is 0. The lowest BCUT2D eigenvalue weighted by atomic mass is 10.0. The quantitative estimate of drug-likeness (QED) is 0.774. The molecule has 0 aliphatic rings. The number of rotatable bonds is 6. The van der Waals surface area contributed by atoms with Gasteiger partial charge in [-0.1, -0.05) is 35.9 Å². The van der Waals surface area contributed by atoms with Crippen molar-refractivity contribution in [3.05, 3.63) is 47.5 Å². The molecule has 0 radical (unpaired) electrons. The van der Waals surface area contributed by atoms with Crippen LogP contribution in [0.1, 0.15) is 38.3 Å². The van der Waals surface area contributed by atoms with Crippen molar-refractivity contribution in [3.8, 4) is 0 Å². The highest BCUT2D eigenvalue weighted by Gasteiger charge is 2.14. The first-order valence-corrected chi connectivity index (χ1v) is 6.21. The highest BCUT2D eigenvalue weighted by atomic mass is 16.4. The van der Waals surface area contributed by atoms with E-state index in [9.17, 15) is 9.59 Å². The molecular weight excluding hydrogens is 242 g/mol. The van der Waals surface area contributed by atoms with Gasteiger partial charge in [0.15, 0.2) is 0 Å². The van der Waals surface area contributed by atoms with Crippen LogP contribution in [-0.2, 0) is 9.59 Å². The van der Waals surface area contributed by atoms with Crippen LogP contribution in [0.15, 0.2) is 42.0 Å². The number of carbonyl (C=O) groups excluding carboxylic acids is 1. The molecule has 0 aliphatic heterocycles. The van der Waals surface area contributed by atoms with Crippen LogP contribution in [0.2, 0.25) is 0 Å². The number of carbonyl (C=O) groups is 2. The van der Waals surface area contributed by atoms with Crippen LogP contribution in [0, 0.1) is 0 Å². The normalized spacial score (nSPS) is 11.5. The van der Waals surface area contributed by atoms with Crippen molar-refractivity contribution in [1.82, 2.24) is 5.32 Å². The van der Waals surface area contributed by atoms with E-state index in [0.717, 1.165) is 11.1 Å². The van der Waals surface area contributed by atoms with Gasteiger partial charge in [-0.25, -0.2) is 0 Å². The molecule has 0 saturated carbocycles. The first-order chi connectivity index (χ1) is 8.99. The number of hydrogen-bond acceptors (Lipinski definition) is 2. The highest BCUT2D eigenvalue weighted by molar-refractivity contribution is 5.88. The minimum atomic E-state index is -0.864. The molecule has 2 N–H and O–H groups in total. The standard InChI is InChI=1S/C15H19NO3/c1-11(2)10-14(17)16-13(8-9-15(18)19)12-6-4-3-5-7-12/h3-7,10,13H,8-9H2,1-2H3,(H,16,17)(H,18,19). The molecular formula is C15H19NO3. The maximum atomic E-state index is 11.7. The third-order valence-corrected chi connectivity index (χ3v) is 2.59. The summed E-state index contributed by atoms with van der Waals surface area (Å²) < 4.78 is 0. The second-order valence-corrected chi connectivity index (χ2v) is 4.63. The third-order valence-electron chi connectivity index (χ3n) is 2.59. The highest BCUT2D eigenvalue weighted by Crippen LogP contribution is 2.18. The molecule has 1 atom stereocenters. The second kappa shape index (κ2) is 7.36. The Balaban J connectivity index is 2.78. The van der Waals surface area contributed by atoms with Crippen LogP contribution in [0.25, 0.3) is 0 Å². The number of amides is 1. The Labute approximate surface area is 113 Å². The second-order valence-electron chi connectivity index (χ2n) is 4.63. The molecule has 1 amide bonds. The lowest BCUT2D eigenvalue weighted by Crippen LogP contribution is -2.27. The molecule has 4 heteroatoms. The Morgan fingerprint density at radius 3 is 2.42 bits per heavy atom. The van der Waals surface area contributed by atoms with Gasteiger partial charge < -0.3 is 10.4 Å². The zero-order valence-corrected chi connectivity index (χ0v) is 11.2. The number of benzene rings is 1. The Morgan fingerprint density at radius 1 is 1.26 bits per heavy atom. The summed E-state index contributed by atoms with van der Waals surface area (Å²) in [6.45, 7) is 3.68. The van der Waals surface area contributed by atoms with Crippen LogP contribution in [0.3, 0.4) is 0 Å².